The lowest BCUT2D eigenvalue weighted by molar-refractivity contribution is 0.311. The van der Waals surface area contributed by atoms with Gasteiger partial charge in [-0.1, -0.05) is 12.1 Å². The fraction of sp³-hybridized carbons (Fsp3) is 0.571. The van der Waals surface area contributed by atoms with Crippen molar-refractivity contribution in [2.75, 3.05) is 27.2 Å². The molecule has 5 nitrogen and oxygen atoms in total. The average Bonchev–Trinajstić information content (AvgIpc) is 2.83. The fourth-order valence-corrected chi connectivity index (χ4v) is 3.59. The van der Waals surface area contributed by atoms with E-state index in [-0.39, 0.29) is 0 Å². The van der Waals surface area contributed by atoms with Gasteiger partial charge in [0.25, 0.3) is 0 Å². The molecule has 0 aliphatic carbocycles. The van der Waals surface area contributed by atoms with Gasteiger partial charge >= 0.3 is 0 Å². The van der Waals surface area contributed by atoms with Crippen molar-refractivity contribution in [3.05, 3.63) is 29.8 Å². The third-order valence-corrected chi connectivity index (χ3v) is 5.23. The second-order valence-electron chi connectivity index (χ2n) is 5.30. The van der Waals surface area contributed by atoms with E-state index in [4.69, 9.17) is 0 Å². The molecule has 0 spiro atoms. The highest BCUT2D eigenvalue weighted by Crippen LogP contribution is 2.15. The number of rotatable bonds is 6. The van der Waals surface area contributed by atoms with Crippen molar-refractivity contribution in [2.45, 2.75) is 30.3 Å². The van der Waals surface area contributed by atoms with Crippen LogP contribution in [-0.2, 0) is 16.6 Å². The maximum Gasteiger partial charge on any atom is 0.240 e. The minimum atomic E-state index is -3.40. The van der Waals surface area contributed by atoms with Crippen LogP contribution in [0.4, 0.5) is 0 Å². The quantitative estimate of drug-likeness (QED) is 0.814. The smallest absolute Gasteiger partial charge is 0.240 e. The molecule has 1 atom stereocenters. The Morgan fingerprint density at radius 1 is 1.30 bits per heavy atom. The Kier molecular flexibility index (Phi) is 5.15. The molecule has 0 radical (unpaired) electrons. The minimum Gasteiger partial charge on any atom is -0.316 e. The summed E-state index contributed by atoms with van der Waals surface area (Å²) in [7, 11) is 0.506. The summed E-state index contributed by atoms with van der Waals surface area (Å²) in [5.41, 5.74) is 1.07. The lowest BCUT2D eigenvalue weighted by Gasteiger charge is -2.19. The van der Waals surface area contributed by atoms with E-state index in [1.165, 1.54) is 0 Å². The van der Waals surface area contributed by atoms with Gasteiger partial charge in [0.1, 0.15) is 0 Å². The summed E-state index contributed by atoms with van der Waals surface area (Å²) in [5, 5.41) is 3.04. The van der Waals surface area contributed by atoms with E-state index in [1.54, 1.807) is 12.1 Å². The van der Waals surface area contributed by atoms with Gasteiger partial charge in [0, 0.05) is 19.1 Å². The largest absolute Gasteiger partial charge is 0.316 e. The molecule has 0 saturated carbocycles. The van der Waals surface area contributed by atoms with E-state index >= 15 is 0 Å². The molecule has 20 heavy (non-hydrogen) atoms. The molecule has 0 aromatic heterocycles. The number of likely N-dealkylation sites (tertiary alicyclic amines) is 1. The first-order chi connectivity index (χ1) is 9.53. The van der Waals surface area contributed by atoms with Gasteiger partial charge in [-0.05, 0) is 51.2 Å². The molecule has 0 bridgehead atoms. The van der Waals surface area contributed by atoms with Crippen LogP contribution < -0.4 is 10.0 Å². The highest BCUT2D eigenvalue weighted by molar-refractivity contribution is 7.89. The lowest BCUT2D eigenvalue weighted by atomic mass is 10.2. The maximum atomic E-state index is 12.2. The number of hydrogen-bond acceptors (Lipinski definition) is 4. The molecule has 1 saturated heterocycles. The summed E-state index contributed by atoms with van der Waals surface area (Å²) >= 11 is 0. The summed E-state index contributed by atoms with van der Waals surface area (Å²) in [5.74, 6) is 0. The van der Waals surface area contributed by atoms with Gasteiger partial charge < -0.3 is 10.2 Å². The predicted molar refractivity (Wildman–Crippen MR) is 80.0 cm³/mol. The maximum absolute atomic E-state index is 12.2. The third-order valence-electron chi connectivity index (χ3n) is 3.80. The van der Waals surface area contributed by atoms with Crippen LogP contribution >= 0.6 is 0 Å². The Hall–Kier alpha value is -0.950. The molecule has 2 N–H and O–H groups in total. The van der Waals surface area contributed by atoms with Crippen molar-refractivity contribution >= 4 is 10.0 Å². The second kappa shape index (κ2) is 6.67. The number of likely N-dealkylation sites (N-methyl/N-ethyl adjacent to an activating group) is 1. The Bertz CT molecular complexity index is 528. The molecule has 1 aromatic rings. The van der Waals surface area contributed by atoms with Gasteiger partial charge in [-0.2, -0.15) is 0 Å². The highest BCUT2D eigenvalue weighted by atomic mass is 32.2. The molecule has 1 unspecified atom stereocenters. The monoisotopic (exact) mass is 297 g/mol. The van der Waals surface area contributed by atoms with Crippen molar-refractivity contribution in [1.29, 1.82) is 0 Å². The van der Waals surface area contributed by atoms with Crippen molar-refractivity contribution in [3.8, 4) is 0 Å². The van der Waals surface area contributed by atoms with Crippen LogP contribution in [0.5, 0.6) is 0 Å². The molecule has 2 rings (SSSR count). The number of nitrogens with zero attached hydrogens (tertiary/aromatic N) is 1. The number of hydrogen-bond donors (Lipinski definition) is 2. The van der Waals surface area contributed by atoms with Crippen molar-refractivity contribution in [1.82, 2.24) is 14.9 Å². The molecule has 1 fully saturated rings. The molecule has 1 aliphatic rings. The molecule has 1 heterocycles. The number of benzene rings is 1. The van der Waals surface area contributed by atoms with Crippen LogP contribution in [0.25, 0.3) is 0 Å². The predicted octanol–water partition coefficient (Wildman–Crippen LogP) is 0.779. The first-order valence-electron chi connectivity index (χ1n) is 6.96. The van der Waals surface area contributed by atoms with Gasteiger partial charge in [-0.3, -0.25) is 0 Å². The Balaban J connectivity index is 1.98. The van der Waals surface area contributed by atoms with Crippen LogP contribution in [0, 0.1) is 0 Å². The summed E-state index contributed by atoms with van der Waals surface area (Å²) in [6.07, 6.45) is 2.20. The topological polar surface area (TPSA) is 61.4 Å². The van der Waals surface area contributed by atoms with Crippen LogP contribution in [-0.4, -0.2) is 46.5 Å². The summed E-state index contributed by atoms with van der Waals surface area (Å²) < 4.78 is 27.2. The fourth-order valence-electron chi connectivity index (χ4n) is 2.52. The van der Waals surface area contributed by atoms with Crippen molar-refractivity contribution in [2.24, 2.45) is 0 Å². The van der Waals surface area contributed by atoms with E-state index in [0.29, 0.717) is 17.5 Å². The lowest BCUT2D eigenvalue weighted by Crippen LogP contribution is -2.38. The van der Waals surface area contributed by atoms with E-state index in [2.05, 4.69) is 14.9 Å². The summed E-state index contributed by atoms with van der Waals surface area (Å²) in [6, 6.07) is 7.31. The SMILES string of the molecule is CNCc1ccc(S(=O)(=O)NCC2CCCN2C)cc1. The molecule has 112 valence electrons. The first kappa shape index (κ1) is 15.4. The summed E-state index contributed by atoms with van der Waals surface area (Å²) in [6.45, 7) is 2.27. The van der Waals surface area contributed by atoms with Crippen LogP contribution in [0.15, 0.2) is 29.2 Å². The molecule has 1 aromatic carbocycles. The normalized spacial score (nSPS) is 20.4. The number of nitrogens with one attached hydrogen (secondary N) is 2. The Morgan fingerprint density at radius 2 is 2.00 bits per heavy atom. The zero-order valence-corrected chi connectivity index (χ0v) is 12.9. The zero-order valence-electron chi connectivity index (χ0n) is 12.1. The van der Waals surface area contributed by atoms with E-state index in [9.17, 15) is 8.42 Å². The Labute approximate surface area is 121 Å². The Morgan fingerprint density at radius 3 is 2.55 bits per heavy atom. The van der Waals surface area contributed by atoms with Crippen LogP contribution in [0.1, 0.15) is 18.4 Å². The van der Waals surface area contributed by atoms with Crippen LogP contribution in [0.2, 0.25) is 0 Å². The number of sulfonamides is 1. The van der Waals surface area contributed by atoms with Gasteiger partial charge in [0.15, 0.2) is 0 Å². The summed E-state index contributed by atoms with van der Waals surface area (Å²) in [4.78, 5) is 2.54. The third kappa shape index (κ3) is 3.79. The molecule has 6 heteroatoms. The standard InChI is InChI=1S/C14H23N3O2S/c1-15-10-12-5-7-14(8-6-12)20(18,19)16-11-13-4-3-9-17(13)2/h5-8,13,15-16H,3-4,9-11H2,1-2H3. The van der Waals surface area contributed by atoms with Crippen molar-refractivity contribution < 1.29 is 8.42 Å². The van der Waals surface area contributed by atoms with Gasteiger partial charge in [-0.25, -0.2) is 13.1 Å². The van der Waals surface area contributed by atoms with Crippen LogP contribution in [0.3, 0.4) is 0 Å². The first-order valence-corrected chi connectivity index (χ1v) is 8.44. The van der Waals surface area contributed by atoms with Gasteiger partial charge in [0.05, 0.1) is 4.90 Å². The van der Waals surface area contributed by atoms with E-state index in [0.717, 1.165) is 31.5 Å². The minimum absolute atomic E-state index is 0.313. The average molecular weight is 297 g/mol. The molecular weight excluding hydrogens is 274 g/mol. The van der Waals surface area contributed by atoms with E-state index < -0.39 is 10.0 Å². The zero-order chi connectivity index (χ0) is 14.6. The van der Waals surface area contributed by atoms with Gasteiger partial charge in [-0.15, -0.1) is 0 Å². The second-order valence-corrected chi connectivity index (χ2v) is 7.07. The van der Waals surface area contributed by atoms with Gasteiger partial charge in [0.2, 0.25) is 10.0 Å². The van der Waals surface area contributed by atoms with Crippen molar-refractivity contribution in [3.63, 3.8) is 0 Å². The molecule has 1 aliphatic heterocycles. The highest BCUT2D eigenvalue weighted by Gasteiger charge is 2.23. The molecule has 0 amide bonds. The van der Waals surface area contributed by atoms with E-state index in [1.807, 2.05) is 26.2 Å². The molecular formula is C14H23N3O2S.